The highest BCUT2D eigenvalue weighted by Crippen LogP contribution is 2.18. The second-order valence-corrected chi connectivity index (χ2v) is 3.95. The summed E-state index contributed by atoms with van der Waals surface area (Å²) in [5, 5.41) is 0.902. The average Bonchev–Trinajstić information content (AvgIpc) is 2.27. The van der Waals surface area contributed by atoms with Crippen LogP contribution in [0.1, 0.15) is 10.4 Å². The number of carbonyl (C=O) groups is 1. The second-order valence-electron chi connectivity index (χ2n) is 3.03. The summed E-state index contributed by atoms with van der Waals surface area (Å²) < 4.78 is 0.957. The fourth-order valence-electron chi connectivity index (χ4n) is 1.30. The van der Waals surface area contributed by atoms with E-state index in [-0.39, 0.29) is 5.91 Å². The minimum Gasteiger partial charge on any atom is -0.290 e. The van der Waals surface area contributed by atoms with Gasteiger partial charge >= 0.3 is 0 Å². The van der Waals surface area contributed by atoms with Crippen molar-refractivity contribution in [3.8, 4) is 0 Å². The zero-order valence-corrected chi connectivity index (χ0v) is 9.28. The number of fused-ring (bicyclic) bond motifs is 1. The summed E-state index contributed by atoms with van der Waals surface area (Å²) in [5.74, 6) is 4.70. The Morgan fingerprint density at radius 3 is 2.93 bits per heavy atom. The molecule has 3 N–H and O–H groups in total. The van der Waals surface area contributed by atoms with E-state index < -0.39 is 0 Å². The van der Waals surface area contributed by atoms with E-state index >= 15 is 0 Å². The maximum absolute atomic E-state index is 11.2. The van der Waals surface area contributed by atoms with Gasteiger partial charge in [-0.3, -0.25) is 15.2 Å². The van der Waals surface area contributed by atoms with Gasteiger partial charge in [0.15, 0.2) is 0 Å². The smallest absolute Gasteiger partial charge is 0.266 e. The van der Waals surface area contributed by atoms with Gasteiger partial charge < -0.3 is 0 Å². The number of amides is 1. The highest BCUT2D eigenvalue weighted by Gasteiger charge is 2.05. The van der Waals surface area contributed by atoms with Crippen LogP contribution in [0, 0.1) is 0 Å². The van der Waals surface area contributed by atoms with Crippen LogP contribution in [0.2, 0.25) is 0 Å². The first kappa shape index (κ1) is 10.1. The Labute approximate surface area is 94.6 Å². The predicted octanol–water partition coefficient (Wildman–Crippen LogP) is 1.60. The number of aromatic nitrogens is 1. The fourth-order valence-corrected chi connectivity index (χ4v) is 1.65. The molecule has 5 heteroatoms. The Morgan fingerprint density at radius 1 is 1.40 bits per heavy atom. The van der Waals surface area contributed by atoms with Crippen molar-refractivity contribution in [3.05, 3.63) is 40.5 Å². The van der Waals surface area contributed by atoms with Crippen LogP contribution >= 0.6 is 15.9 Å². The molecular formula is C10H8BrN3O. The normalized spacial score (nSPS) is 10.3. The quantitative estimate of drug-likeness (QED) is 0.468. The van der Waals surface area contributed by atoms with E-state index in [4.69, 9.17) is 5.84 Å². The first-order valence-corrected chi connectivity index (χ1v) is 5.06. The molecule has 2 aromatic rings. The number of benzene rings is 1. The third-order valence-corrected chi connectivity index (χ3v) is 2.53. The highest BCUT2D eigenvalue weighted by molar-refractivity contribution is 9.10. The summed E-state index contributed by atoms with van der Waals surface area (Å²) in [4.78, 5) is 15.4. The first-order valence-electron chi connectivity index (χ1n) is 4.27. The standard InChI is InChI=1S/C10H8BrN3O/c11-8-2-1-6-3-7(10(15)14-12)5-13-9(6)4-8/h1-5H,12H2,(H,14,15). The SMILES string of the molecule is NNC(=O)c1cnc2cc(Br)ccc2c1. The third kappa shape index (κ3) is 1.98. The molecule has 0 bridgehead atoms. The van der Waals surface area contributed by atoms with Gasteiger partial charge in [-0.25, -0.2) is 5.84 Å². The molecule has 1 aromatic carbocycles. The van der Waals surface area contributed by atoms with Crippen molar-refractivity contribution in [2.75, 3.05) is 0 Å². The Balaban J connectivity index is 2.57. The number of nitrogens with one attached hydrogen (secondary N) is 1. The van der Waals surface area contributed by atoms with Crippen LogP contribution in [0.3, 0.4) is 0 Å². The van der Waals surface area contributed by atoms with Crippen molar-refractivity contribution >= 4 is 32.7 Å². The Morgan fingerprint density at radius 2 is 2.20 bits per heavy atom. The van der Waals surface area contributed by atoms with Crippen molar-refractivity contribution in [2.45, 2.75) is 0 Å². The summed E-state index contributed by atoms with van der Waals surface area (Å²) in [6.45, 7) is 0. The molecule has 0 atom stereocenters. The number of nitrogens with two attached hydrogens (primary N) is 1. The van der Waals surface area contributed by atoms with Gasteiger partial charge in [0, 0.05) is 16.1 Å². The molecule has 1 aromatic heterocycles. The fraction of sp³-hybridized carbons (Fsp3) is 0. The van der Waals surface area contributed by atoms with Crippen LogP contribution < -0.4 is 11.3 Å². The van der Waals surface area contributed by atoms with E-state index in [1.807, 2.05) is 18.2 Å². The van der Waals surface area contributed by atoms with Gasteiger partial charge in [0.2, 0.25) is 0 Å². The van der Waals surface area contributed by atoms with Crippen molar-refractivity contribution in [2.24, 2.45) is 5.84 Å². The van der Waals surface area contributed by atoms with Crippen LogP contribution in [0.15, 0.2) is 34.9 Å². The molecule has 0 aliphatic heterocycles. The predicted molar refractivity (Wildman–Crippen MR) is 61.1 cm³/mol. The number of nitrogen functional groups attached to an aromatic ring is 1. The highest BCUT2D eigenvalue weighted by atomic mass is 79.9. The lowest BCUT2D eigenvalue weighted by Gasteiger charge is -2.01. The topological polar surface area (TPSA) is 68.0 Å². The number of rotatable bonds is 1. The molecule has 0 radical (unpaired) electrons. The second kappa shape index (κ2) is 3.96. The zero-order valence-electron chi connectivity index (χ0n) is 7.70. The Hall–Kier alpha value is -1.46. The van der Waals surface area contributed by atoms with E-state index in [0.29, 0.717) is 5.56 Å². The summed E-state index contributed by atoms with van der Waals surface area (Å²) in [7, 11) is 0. The third-order valence-electron chi connectivity index (χ3n) is 2.04. The molecule has 1 heterocycles. The van der Waals surface area contributed by atoms with E-state index in [2.05, 4.69) is 26.3 Å². The van der Waals surface area contributed by atoms with Crippen molar-refractivity contribution in [3.63, 3.8) is 0 Å². The van der Waals surface area contributed by atoms with Gasteiger partial charge in [0.25, 0.3) is 5.91 Å². The number of hydrogen-bond donors (Lipinski definition) is 2. The Bertz CT molecular complexity index is 527. The average molecular weight is 266 g/mol. The van der Waals surface area contributed by atoms with Gasteiger partial charge in [0.05, 0.1) is 11.1 Å². The molecule has 0 spiro atoms. The molecule has 15 heavy (non-hydrogen) atoms. The minimum absolute atomic E-state index is 0.340. The molecule has 76 valence electrons. The summed E-state index contributed by atoms with van der Waals surface area (Å²) >= 11 is 3.35. The van der Waals surface area contributed by atoms with Crippen LogP contribution in [0.5, 0.6) is 0 Å². The number of pyridine rings is 1. The Kier molecular flexibility index (Phi) is 2.66. The minimum atomic E-state index is -0.340. The van der Waals surface area contributed by atoms with Gasteiger partial charge in [0.1, 0.15) is 0 Å². The first-order chi connectivity index (χ1) is 7.20. The van der Waals surface area contributed by atoms with E-state index in [0.717, 1.165) is 15.4 Å². The summed E-state index contributed by atoms with van der Waals surface area (Å²) in [6, 6.07) is 7.42. The number of nitrogens with zero attached hydrogens (tertiary/aromatic N) is 1. The molecule has 0 aliphatic rings. The van der Waals surface area contributed by atoms with Gasteiger partial charge in [-0.1, -0.05) is 22.0 Å². The molecule has 0 saturated carbocycles. The lowest BCUT2D eigenvalue weighted by molar-refractivity contribution is 0.0953. The van der Waals surface area contributed by atoms with Gasteiger partial charge in [-0.2, -0.15) is 0 Å². The summed E-state index contributed by atoms with van der Waals surface area (Å²) in [6.07, 6.45) is 1.50. The maximum atomic E-state index is 11.2. The number of hydrogen-bond acceptors (Lipinski definition) is 3. The van der Waals surface area contributed by atoms with Crippen molar-refractivity contribution in [1.82, 2.24) is 10.4 Å². The molecule has 0 aliphatic carbocycles. The van der Waals surface area contributed by atoms with E-state index in [1.54, 1.807) is 6.07 Å². The van der Waals surface area contributed by atoms with Crippen LogP contribution in [-0.2, 0) is 0 Å². The summed E-state index contributed by atoms with van der Waals surface area (Å²) in [5.41, 5.74) is 3.35. The number of halogens is 1. The van der Waals surface area contributed by atoms with Crippen LogP contribution in [0.25, 0.3) is 10.9 Å². The van der Waals surface area contributed by atoms with Crippen molar-refractivity contribution in [1.29, 1.82) is 0 Å². The molecule has 2 rings (SSSR count). The monoisotopic (exact) mass is 265 g/mol. The van der Waals surface area contributed by atoms with Crippen LogP contribution in [-0.4, -0.2) is 10.9 Å². The zero-order chi connectivity index (χ0) is 10.8. The van der Waals surface area contributed by atoms with Crippen molar-refractivity contribution < 1.29 is 4.79 Å². The lowest BCUT2D eigenvalue weighted by Crippen LogP contribution is -2.30. The molecule has 0 saturated heterocycles. The van der Waals surface area contributed by atoms with Gasteiger partial charge in [-0.15, -0.1) is 0 Å². The maximum Gasteiger partial charge on any atom is 0.266 e. The molecule has 1 amide bonds. The van der Waals surface area contributed by atoms with E-state index in [9.17, 15) is 4.79 Å². The molecule has 0 fully saturated rings. The van der Waals surface area contributed by atoms with E-state index in [1.165, 1.54) is 6.20 Å². The molecule has 4 nitrogen and oxygen atoms in total. The van der Waals surface area contributed by atoms with Gasteiger partial charge in [-0.05, 0) is 18.2 Å². The lowest BCUT2D eigenvalue weighted by atomic mass is 10.1. The molecular weight excluding hydrogens is 258 g/mol. The largest absolute Gasteiger partial charge is 0.290 e. The van der Waals surface area contributed by atoms with Crippen LogP contribution in [0.4, 0.5) is 0 Å². The number of carbonyl (C=O) groups excluding carboxylic acids is 1. The molecule has 0 unspecified atom stereocenters. The number of hydrazine groups is 1.